The highest BCUT2D eigenvalue weighted by molar-refractivity contribution is 7.74. The van der Waals surface area contributed by atoms with Crippen molar-refractivity contribution in [2.75, 3.05) is 70.7 Å². The molecule has 0 amide bonds. The molecule has 3 aliphatic rings. The van der Waals surface area contributed by atoms with Gasteiger partial charge in [-0.05, 0) is 27.1 Å². The van der Waals surface area contributed by atoms with Gasteiger partial charge in [0.2, 0.25) is 17.7 Å². The van der Waals surface area contributed by atoms with Crippen molar-refractivity contribution in [3.05, 3.63) is 46.0 Å². The number of phosphoric ester groups is 1. The summed E-state index contributed by atoms with van der Waals surface area (Å²) in [6.45, 7) is -2.57. The number of imidazole rings is 3. The first-order valence-corrected chi connectivity index (χ1v) is 29.8. The summed E-state index contributed by atoms with van der Waals surface area (Å²) in [5.41, 5.74) is 14.1. The number of nitrogen functional groups attached to an aromatic ring is 3. The predicted octanol–water partition coefficient (Wildman–Crippen LogP) is -3.32. The summed E-state index contributed by atoms with van der Waals surface area (Å²) in [4.78, 5) is 100. The molecule has 3 fully saturated rings. The van der Waals surface area contributed by atoms with E-state index in [0.717, 1.165) is 30.7 Å². The van der Waals surface area contributed by atoms with Gasteiger partial charge in [0, 0.05) is 13.0 Å². The van der Waals surface area contributed by atoms with Crippen LogP contribution in [0.3, 0.4) is 0 Å². The number of rotatable bonds is 21. The Morgan fingerprint density at radius 2 is 1.40 bits per heavy atom. The molecule has 37 nitrogen and oxygen atoms in total. The number of methoxy groups -OCH3 is 1. The van der Waals surface area contributed by atoms with Crippen LogP contribution in [0.15, 0.2) is 34.9 Å². The molecule has 15 N–H and O–H groups in total. The third-order valence-corrected chi connectivity index (χ3v) is 20.7. The fraction of sp³-hybridized carbons (Fsp3) is 0.595. The van der Waals surface area contributed by atoms with E-state index in [-0.39, 0.29) is 57.6 Å². The molecule has 0 saturated carbocycles. The van der Waals surface area contributed by atoms with E-state index in [4.69, 9.17) is 49.7 Å². The molecule has 78 heavy (non-hydrogen) atoms. The third-order valence-electron chi connectivity index (χ3n) is 13.0. The van der Waals surface area contributed by atoms with E-state index in [2.05, 4.69) is 44.2 Å². The van der Waals surface area contributed by atoms with Crippen LogP contribution in [0.25, 0.3) is 33.5 Å². The molecule has 9 heterocycles. The highest BCUT2D eigenvalue weighted by Crippen LogP contribution is 2.67. The zero-order chi connectivity index (χ0) is 56.6. The van der Waals surface area contributed by atoms with Gasteiger partial charge in [0.05, 0.1) is 45.6 Å². The van der Waals surface area contributed by atoms with Crippen molar-refractivity contribution >= 4 is 81.8 Å². The Morgan fingerprint density at radius 3 is 2.10 bits per heavy atom. The standard InChI is InChI=1S/C37H54N16O21P4/c1-49(2)6-5-15-16(71-33(22(15)54)53-13-50(3)21-30(53)46-37(40)48-32(21)58)7-68-75(59,60)14-76(61,62)74-78(65,66)70-9-18-26(25(67-4)35(73-18)51-11-43-19-27(38)41-10-42-28(19)51)77(63,64)69-8-17-23(55)24(56)34(72-17)52-12-44-20-29(52)45-36(39)47-31(20)57/h10-13,15-18,22-26,33-35,54-56H,5-9,14H2,1-4H3,(H11-,38,39,40,41,42,45,46,47,48,57,58,59,60,61,62,63,64,65,66)/p+1/t15-,16-,17-,18?,22-,23-,24-,25-,26-,33?,34-,35-/m1/s1. The molecule has 0 aromatic carbocycles. The fourth-order valence-electron chi connectivity index (χ4n) is 9.52. The Morgan fingerprint density at radius 1 is 0.756 bits per heavy atom. The number of H-pyrrole nitrogens is 2. The number of nitrogens with zero attached hydrogens (tertiary/aromatic N) is 11. The second kappa shape index (κ2) is 21.8. The molecule has 3 saturated heterocycles. The predicted molar refractivity (Wildman–Crippen MR) is 262 cm³/mol. The van der Waals surface area contributed by atoms with Crippen LogP contribution in [0.1, 0.15) is 25.1 Å². The summed E-state index contributed by atoms with van der Waals surface area (Å²) in [5, 5.41) is 33.6. The maximum atomic E-state index is 14.5. The molecule has 3 aliphatic heterocycles. The SMILES string of the molecule is CO[C@H]1[C@H](n2cnc3c(N)ncnc32)OC(COP(=O)(O)OP(=O)(O)CP(=O)(O)OC[C@H]2OC([n+]3cn(C)c4c(=O)[nH]c(N)nc43)[C@H](O)[C@@H]2CCN(C)C)[C@H]1P(=O)(O)OC[C@H]1O[C@@H](n2cnc3c(=O)[nH]c(N)nc32)[C@H](O)[C@@H]1O. The van der Waals surface area contributed by atoms with E-state index < -0.39 is 140 Å². The molecule has 0 bridgehead atoms. The topological polar surface area (TPSA) is 527 Å². The van der Waals surface area contributed by atoms with Gasteiger partial charge in [0.15, 0.2) is 47.3 Å². The molecule has 6 aromatic heterocycles. The fourth-order valence-corrected chi connectivity index (χ4v) is 16.3. The van der Waals surface area contributed by atoms with Gasteiger partial charge in [-0.25, -0.2) is 33.4 Å². The van der Waals surface area contributed by atoms with Crippen molar-refractivity contribution in [3.63, 3.8) is 0 Å². The zero-order valence-corrected chi connectivity index (χ0v) is 44.8. The van der Waals surface area contributed by atoms with Crippen molar-refractivity contribution in [3.8, 4) is 0 Å². The Hall–Kier alpha value is -5.07. The van der Waals surface area contributed by atoms with E-state index in [1.54, 1.807) is 19.0 Å². The quantitative estimate of drug-likeness (QED) is 0.0248. The number of fused-ring (bicyclic) bond motifs is 3. The van der Waals surface area contributed by atoms with Gasteiger partial charge in [-0.3, -0.25) is 51.5 Å². The Bertz CT molecular complexity index is 3540. The molecule has 428 valence electrons. The van der Waals surface area contributed by atoms with Crippen LogP contribution in [-0.4, -0.2) is 195 Å². The largest absolute Gasteiger partial charge is 0.479 e. The maximum Gasteiger partial charge on any atom is 0.479 e. The van der Waals surface area contributed by atoms with Crippen LogP contribution in [0.4, 0.5) is 17.7 Å². The van der Waals surface area contributed by atoms with Gasteiger partial charge in [0.25, 0.3) is 17.1 Å². The Labute approximate surface area is 437 Å². The average Bonchev–Trinajstić information content (AvgIpc) is 4.37. The van der Waals surface area contributed by atoms with E-state index in [9.17, 15) is 62.7 Å². The van der Waals surface area contributed by atoms with Gasteiger partial charge in [-0.15, -0.1) is 0 Å². The maximum absolute atomic E-state index is 14.5. The zero-order valence-electron chi connectivity index (χ0n) is 41.3. The molecular formula is C37H55N16O21P4+. The number of hydrogen-bond acceptors (Lipinski definition) is 27. The highest BCUT2D eigenvalue weighted by atomic mass is 31.3. The lowest BCUT2D eigenvalue weighted by molar-refractivity contribution is -0.745. The van der Waals surface area contributed by atoms with Crippen molar-refractivity contribution in [1.29, 1.82) is 0 Å². The number of aromatic nitrogens is 12. The van der Waals surface area contributed by atoms with Gasteiger partial charge >= 0.3 is 36.3 Å². The lowest BCUT2D eigenvalue weighted by Gasteiger charge is -2.28. The Balaban J connectivity index is 0.892. The summed E-state index contributed by atoms with van der Waals surface area (Å²) >= 11 is 0. The normalized spacial score (nSPS) is 29.8. The Kier molecular flexibility index (Phi) is 16.1. The van der Waals surface area contributed by atoms with Crippen molar-refractivity contribution in [1.82, 2.24) is 58.5 Å². The first-order valence-electron chi connectivity index (χ1n) is 23.1. The number of nitrogens with two attached hydrogens (primary N) is 3. The number of hydrogen-bond donors (Lipinski definition) is 12. The number of aromatic amines is 2. The highest BCUT2D eigenvalue weighted by Gasteiger charge is 2.58. The molecule has 0 spiro atoms. The van der Waals surface area contributed by atoms with Crippen molar-refractivity contribution in [2.24, 2.45) is 13.0 Å². The van der Waals surface area contributed by atoms with Crippen LogP contribution in [0.5, 0.6) is 0 Å². The number of aliphatic hydroxyl groups is 3. The van der Waals surface area contributed by atoms with Gasteiger partial charge in [0.1, 0.15) is 54.1 Å². The van der Waals surface area contributed by atoms with E-state index in [1.807, 2.05) is 0 Å². The number of nitrogens with one attached hydrogen (secondary N) is 2. The first-order chi connectivity index (χ1) is 36.6. The van der Waals surface area contributed by atoms with Crippen LogP contribution < -0.4 is 32.9 Å². The number of anilines is 3. The van der Waals surface area contributed by atoms with Crippen LogP contribution >= 0.6 is 30.6 Å². The van der Waals surface area contributed by atoms with Gasteiger partial charge < -0.3 is 85.0 Å². The summed E-state index contributed by atoms with van der Waals surface area (Å²) in [5.74, 6) is -3.22. The molecule has 6 unspecified atom stereocenters. The van der Waals surface area contributed by atoms with Crippen LogP contribution in [-0.2, 0) is 62.1 Å². The minimum Gasteiger partial charge on any atom is -0.387 e. The number of aliphatic hydroxyl groups excluding tert-OH is 3. The lowest BCUT2D eigenvalue weighted by Crippen LogP contribution is -2.45. The molecular weight excluding hydrogens is 1130 g/mol. The lowest BCUT2D eigenvalue weighted by atomic mass is 9.94. The van der Waals surface area contributed by atoms with Gasteiger partial charge in [-0.1, -0.05) is 4.98 Å². The second-order valence-electron chi connectivity index (χ2n) is 18.6. The molecule has 6 aromatic rings. The number of phosphoric acid groups is 1. The van der Waals surface area contributed by atoms with E-state index in [1.165, 1.54) is 27.1 Å². The van der Waals surface area contributed by atoms with Crippen LogP contribution in [0.2, 0.25) is 0 Å². The minimum atomic E-state index is -5.85. The average molecular weight is 1180 g/mol. The summed E-state index contributed by atoms with van der Waals surface area (Å²) in [6.07, 6.45) is -10.3. The molecule has 41 heteroatoms. The third kappa shape index (κ3) is 11.5. The molecule has 0 aliphatic carbocycles. The monoisotopic (exact) mass is 1180 g/mol. The number of ether oxygens (including phenoxy) is 4. The molecule has 0 radical (unpaired) electrons. The second-order valence-corrected chi connectivity index (χ2v) is 26.4. The molecule has 9 rings (SSSR count). The summed E-state index contributed by atoms with van der Waals surface area (Å²) in [6, 6.07) is 0. The van der Waals surface area contributed by atoms with E-state index >= 15 is 0 Å². The van der Waals surface area contributed by atoms with Crippen molar-refractivity contribution < 1.29 is 94.5 Å². The summed E-state index contributed by atoms with van der Waals surface area (Å²) in [7, 11) is -15.9. The minimum absolute atomic E-state index is 0.0216. The number of aryl methyl sites for hydroxylation is 1. The van der Waals surface area contributed by atoms with Crippen molar-refractivity contribution in [2.45, 2.75) is 73.5 Å². The summed E-state index contributed by atoms with van der Waals surface area (Å²) < 4.78 is 104. The van der Waals surface area contributed by atoms with E-state index in [0.29, 0.717) is 6.54 Å². The van der Waals surface area contributed by atoms with Crippen LogP contribution in [0, 0.1) is 5.92 Å². The smallest absolute Gasteiger partial charge is 0.387 e. The van der Waals surface area contributed by atoms with Gasteiger partial charge in [-0.2, -0.15) is 4.98 Å². The molecule has 16 atom stereocenters. The first kappa shape index (κ1) is 57.6.